The van der Waals surface area contributed by atoms with E-state index in [1.807, 2.05) is 24.3 Å². The zero-order valence-electron chi connectivity index (χ0n) is 28.1. The molecule has 0 radical (unpaired) electrons. The second-order valence-corrected chi connectivity index (χ2v) is 16.0. The van der Waals surface area contributed by atoms with E-state index >= 15 is 0 Å². The first kappa shape index (κ1) is 34.4. The van der Waals surface area contributed by atoms with Crippen LogP contribution in [0.4, 0.5) is 21.5 Å². The molecule has 3 saturated heterocycles. The molecule has 0 aromatic heterocycles. The molecule has 4 aliphatic rings. The van der Waals surface area contributed by atoms with E-state index in [9.17, 15) is 27.7 Å². The van der Waals surface area contributed by atoms with Gasteiger partial charge in [0.1, 0.15) is 11.5 Å². The minimum Gasteiger partial charge on any atom is -0.381 e. The van der Waals surface area contributed by atoms with Crippen molar-refractivity contribution in [3.63, 3.8) is 0 Å². The van der Waals surface area contributed by atoms with E-state index in [1.54, 1.807) is 24.3 Å². The number of amides is 1. The van der Waals surface area contributed by atoms with Crippen LogP contribution in [0.2, 0.25) is 0 Å². The summed E-state index contributed by atoms with van der Waals surface area (Å²) in [5.74, 6) is -0.612. The fourth-order valence-electron chi connectivity index (χ4n) is 8.37. The molecule has 1 atom stereocenters. The fraction of sp³-hybridized carbons (Fsp3) is 0.486. The van der Waals surface area contributed by atoms with Gasteiger partial charge in [-0.3, -0.25) is 19.8 Å². The van der Waals surface area contributed by atoms with E-state index in [0.717, 1.165) is 88.3 Å². The molecule has 7 rings (SSSR count). The summed E-state index contributed by atoms with van der Waals surface area (Å²) in [4.78, 5) is 28.6. The number of likely N-dealkylation sites (tertiary alicyclic amines) is 1. The first-order valence-corrected chi connectivity index (χ1v) is 19.1. The molecule has 1 saturated carbocycles. The Balaban J connectivity index is 0.922. The highest BCUT2D eigenvalue weighted by atomic mass is 32.2. The molecule has 1 spiro atoms. The lowest BCUT2D eigenvalue weighted by molar-refractivity contribution is -0.384. The Labute approximate surface area is 292 Å². The molecule has 266 valence electrons. The van der Waals surface area contributed by atoms with Crippen LogP contribution in [-0.4, -0.2) is 69.6 Å². The molecule has 3 aromatic carbocycles. The van der Waals surface area contributed by atoms with Gasteiger partial charge in [-0.05, 0) is 112 Å². The number of carbonyl (C=O) groups excluding carboxylic acids is 1. The lowest BCUT2D eigenvalue weighted by atomic mass is 9.60. The summed E-state index contributed by atoms with van der Waals surface area (Å²) in [5.41, 5.74) is 2.12. The van der Waals surface area contributed by atoms with Gasteiger partial charge >= 0.3 is 0 Å². The van der Waals surface area contributed by atoms with Crippen LogP contribution in [0, 0.1) is 27.3 Å². The third-order valence-corrected chi connectivity index (χ3v) is 12.6. The molecule has 11 nitrogen and oxygen atoms in total. The Bertz CT molecular complexity index is 1820. The number of hydrogen-bond donors (Lipinski definition) is 2. The predicted molar refractivity (Wildman–Crippen MR) is 188 cm³/mol. The number of nitro benzene ring substituents is 1. The van der Waals surface area contributed by atoms with Crippen molar-refractivity contribution in [2.75, 3.05) is 49.6 Å². The van der Waals surface area contributed by atoms with Crippen LogP contribution in [0.5, 0.6) is 0 Å². The summed E-state index contributed by atoms with van der Waals surface area (Å²) in [6.45, 7) is 4.61. The summed E-state index contributed by atoms with van der Waals surface area (Å²) in [6, 6.07) is 18.3. The maximum atomic E-state index is 14.6. The van der Waals surface area contributed by atoms with Gasteiger partial charge in [0.2, 0.25) is 0 Å². The van der Waals surface area contributed by atoms with Crippen molar-refractivity contribution in [2.24, 2.45) is 11.3 Å². The second-order valence-electron chi connectivity index (χ2n) is 14.3. The van der Waals surface area contributed by atoms with Gasteiger partial charge in [0.25, 0.3) is 21.6 Å². The summed E-state index contributed by atoms with van der Waals surface area (Å²) >= 11 is 0. The van der Waals surface area contributed by atoms with Crippen LogP contribution in [0.1, 0.15) is 73.3 Å². The summed E-state index contributed by atoms with van der Waals surface area (Å²) in [6.07, 6.45) is 8.20. The van der Waals surface area contributed by atoms with Crippen LogP contribution in [0.3, 0.4) is 0 Å². The van der Waals surface area contributed by atoms with Crippen LogP contribution in [-0.2, 0) is 14.8 Å². The predicted octanol–water partition coefficient (Wildman–Crippen LogP) is 6.28. The molecule has 50 heavy (non-hydrogen) atoms. The van der Waals surface area contributed by atoms with E-state index < -0.39 is 20.9 Å². The normalized spacial score (nSPS) is 21.5. The summed E-state index contributed by atoms with van der Waals surface area (Å²) in [7, 11) is -4.37. The van der Waals surface area contributed by atoms with Gasteiger partial charge in [-0.2, -0.15) is 0 Å². The first-order chi connectivity index (χ1) is 24.1. The molecule has 3 heterocycles. The lowest BCUT2D eigenvalue weighted by Crippen LogP contribution is -2.54. The molecule has 1 amide bonds. The molecule has 2 N–H and O–H groups in total. The maximum absolute atomic E-state index is 14.6. The fourth-order valence-corrected chi connectivity index (χ4v) is 9.37. The summed E-state index contributed by atoms with van der Waals surface area (Å²) < 4.78 is 48.2. The highest BCUT2D eigenvalue weighted by molar-refractivity contribution is 7.90. The van der Waals surface area contributed by atoms with Gasteiger partial charge in [-0.25, -0.2) is 17.5 Å². The highest BCUT2D eigenvalue weighted by Crippen LogP contribution is 2.54. The zero-order valence-corrected chi connectivity index (χ0v) is 28.9. The number of nitrogens with zero attached hydrogens (tertiary/aromatic N) is 3. The van der Waals surface area contributed by atoms with Crippen molar-refractivity contribution in [2.45, 2.75) is 68.3 Å². The SMILES string of the molecule is O=C(NS(=O)(=O)c1ccc(NCC2CCOCC2)c([N+](=O)[O-])c1)c1ccc(N2CCC3(CC2)CC(N2CCC[C@H]2c2ccccc2F)C3)cc1. The quantitative estimate of drug-likeness (QED) is 0.185. The molecular weight excluding hydrogens is 662 g/mol. The molecule has 0 unspecified atom stereocenters. The van der Waals surface area contributed by atoms with Gasteiger partial charge in [0.15, 0.2) is 0 Å². The van der Waals surface area contributed by atoms with Crippen molar-refractivity contribution in [1.29, 1.82) is 0 Å². The number of halogens is 1. The first-order valence-electron chi connectivity index (χ1n) is 17.6. The number of piperidine rings is 1. The Morgan fingerprint density at radius 3 is 2.40 bits per heavy atom. The largest absolute Gasteiger partial charge is 0.381 e. The number of carbonyl (C=O) groups is 1. The van der Waals surface area contributed by atoms with Crippen molar-refractivity contribution < 1.29 is 27.3 Å². The Morgan fingerprint density at radius 1 is 0.980 bits per heavy atom. The monoisotopic (exact) mass is 705 g/mol. The van der Waals surface area contributed by atoms with E-state index in [2.05, 4.69) is 19.8 Å². The average molecular weight is 706 g/mol. The maximum Gasteiger partial charge on any atom is 0.293 e. The van der Waals surface area contributed by atoms with Gasteiger partial charge < -0.3 is 15.0 Å². The molecule has 0 bridgehead atoms. The van der Waals surface area contributed by atoms with Crippen molar-refractivity contribution in [3.8, 4) is 0 Å². The smallest absolute Gasteiger partial charge is 0.293 e. The number of rotatable bonds is 10. The third kappa shape index (κ3) is 7.22. The van der Waals surface area contributed by atoms with Gasteiger partial charge in [0, 0.05) is 67.8 Å². The van der Waals surface area contributed by atoms with Gasteiger partial charge in [-0.1, -0.05) is 18.2 Å². The second kappa shape index (κ2) is 14.3. The van der Waals surface area contributed by atoms with Crippen LogP contribution in [0.15, 0.2) is 71.6 Å². The zero-order chi connectivity index (χ0) is 34.9. The van der Waals surface area contributed by atoms with Crippen LogP contribution in [0.25, 0.3) is 0 Å². The Kier molecular flexibility index (Phi) is 9.82. The average Bonchev–Trinajstić information content (AvgIpc) is 3.59. The minimum atomic E-state index is -4.37. The Hall–Kier alpha value is -4.07. The molecule has 4 fully saturated rings. The van der Waals surface area contributed by atoms with E-state index in [4.69, 9.17) is 4.74 Å². The highest BCUT2D eigenvalue weighted by Gasteiger charge is 2.50. The van der Waals surface area contributed by atoms with Crippen molar-refractivity contribution in [1.82, 2.24) is 9.62 Å². The number of nitrogens with one attached hydrogen (secondary N) is 2. The van der Waals surface area contributed by atoms with Crippen LogP contribution < -0.4 is 14.9 Å². The molecule has 3 aromatic rings. The number of benzene rings is 3. The van der Waals surface area contributed by atoms with Crippen molar-refractivity contribution in [3.05, 3.63) is 93.8 Å². The van der Waals surface area contributed by atoms with Crippen molar-refractivity contribution >= 4 is 33.0 Å². The third-order valence-electron chi connectivity index (χ3n) is 11.3. The molecule has 3 aliphatic heterocycles. The molecular formula is C37H44FN5O6S. The number of anilines is 2. The number of nitro groups is 1. The van der Waals surface area contributed by atoms with E-state index in [-0.39, 0.29) is 33.7 Å². The molecule has 13 heteroatoms. The summed E-state index contributed by atoms with van der Waals surface area (Å²) in [5, 5.41) is 14.9. The number of sulfonamides is 1. The van der Waals surface area contributed by atoms with E-state index in [1.165, 1.54) is 12.1 Å². The standard InChI is InChI=1S/C37H44FN5O6S/c38-32-5-2-1-4-31(32)34-6-3-17-42(34)29-23-37(24-29)15-18-41(19-16-37)28-9-7-27(8-10-28)36(44)40-50(47,48)30-11-12-33(35(22-30)43(45)46)39-25-26-13-20-49-21-14-26/h1-2,4-5,7-12,22,26,29,34,39H,3,6,13-21,23-25H2,(H,40,44)/t34-/m0/s1. The molecule has 1 aliphatic carbocycles. The van der Waals surface area contributed by atoms with E-state index in [0.29, 0.717) is 37.1 Å². The topological polar surface area (TPSA) is 134 Å². The number of hydrogen-bond acceptors (Lipinski definition) is 9. The number of ether oxygens (including phenoxy) is 1. The lowest BCUT2D eigenvalue weighted by Gasteiger charge is -2.56. The Morgan fingerprint density at radius 2 is 1.70 bits per heavy atom. The van der Waals surface area contributed by atoms with Gasteiger partial charge in [0.05, 0.1) is 9.82 Å². The minimum absolute atomic E-state index is 0.109. The van der Waals surface area contributed by atoms with Gasteiger partial charge in [-0.15, -0.1) is 0 Å². The van der Waals surface area contributed by atoms with Crippen LogP contribution >= 0.6 is 0 Å².